The average molecular weight is 357 g/mol. The lowest BCUT2D eigenvalue weighted by Gasteiger charge is -2.19. The molecule has 3 rings (SSSR count). The fraction of sp³-hybridized carbons (Fsp3) is 0.571. The fourth-order valence-corrected chi connectivity index (χ4v) is 3.48. The highest BCUT2D eigenvalue weighted by Crippen LogP contribution is 2.24. The molecule has 9 heteroatoms. The Morgan fingerprint density at radius 1 is 1.30 bits per heavy atom. The van der Waals surface area contributed by atoms with E-state index in [4.69, 9.17) is 0 Å². The van der Waals surface area contributed by atoms with E-state index in [-0.39, 0.29) is 18.3 Å². The number of carbonyl (C=O) groups is 1. The van der Waals surface area contributed by atoms with Gasteiger partial charge in [0.05, 0.1) is 10.7 Å². The van der Waals surface area contributed by atoms with Crippen molar-refractivity contribution < 1.29 is 4.79 Å². The Balaban J connectivity index is 0.00000192. The minimum Gasteiger partial charge on any atom is -0.317 e. The second-order valence-corrected chi connectivity index (χ2v) is 6.75. The van der Waals surface area contributed by atoms with E-state index in [1.165, 1.54) is 11.3 Å². The lowest BCUT2D eigenvalue weighted by molar-refractivity contribution is 0.102. The molecule has 3 heterocycles. The summed E-state index contributed by atoms with van der Waals surface area (Å²) in [4.78, 5) is 21.8. The van der Waals surface area contributed by atoms with Crippen molar-refractivity contribution in [2.75, 3.05) is 18.4 Å². The van der Waals surface area contributed by atoms with Crippen LogP contribution in [0.1, 0.15) is 45.0 Å². The number of halogens is 1. The summed E-state index contributed by atoms with van der Waals surface area (Å²) in [5.41, 5.74) is 0.751. The van der Waals surface area contributed by atoms with Crippen LogP contribution in [0.5, 0.6) is 0 Å². The molecule has 23 heavy (non-hydrogen) atoms. The quantitative estimate of drug-likeness (QED) is 0.879. The van der Waals surface area contributed by atoms with Crippen molar-refractivity contribution in [1.29, 1.82) is 0 Å². The van der Waals surface area contributed by atoms with Gasteiger partial charge in [-0.25, -0.2) is 9.67 Å². The molecule has 1 aliphatic rings. The van der Waals surface area contributed by atoms with Gasteiger partial charge >= 0.3 is 0 Å². The van der Waals surface area contributed by atoms with Crippen molar-refractivity contribution >= 4 is 35.6 Å². The first-order chi connectivity index (χ1) is 10.5. The highest BCUT2D eigenvalue weighted by molar-refractivity contribution is 7.13. The van der Waals surface area contributed by atoms with Crippen LogP contribution in [0.4, 0.5) is 5.95 Å². The second kappa shape index (κ2) is 7.37. The third-order valence-corrected chi connectivity index (χ3v) is 4.89. The maximum atomic E-state index is 12.4. The summed E-state index contributed by atoms with van der Waals surface area (Å²) >= 11 is 1.39. The van der Waals surface area contributed by atoms with E-state index in [1.807, 2.05) is 13.8 Å². The number of nitrogens with zero attached hydrogens (tertiary/aromatic N) is 4. The van der Waals surface area contributed by atoms with Gasteiger partial charge < -0.3 is 5.32 Å². The number of rotatable bonds is 3. The van der Waals surface area contributed by atoms with Crippen LogP contribution in [-0.2, 0) is 7.05 Å². The molecule has 0 atom stereocenters. The topological polar surface area (TPSA) is 84.7 Å². The maximum absolute atomic E-state index is 12.4. The summed E-state index contributed by atoms with van der Waals surface area (Å²) in [6.07, 6.45) is 2.06. The van der Waals surface area contributed by atoms with Crippen molar-refractivity contribution in [3.63, 3.8) is 0 Å². The molecule has 2 N–H and O–H groups in total. The van der Waals surface area contributed by atoms with Gasteiger partial charge in [-0.15, -0.1) is 23.7 Å². The van der Waals surface area contributed by atoms with Crippen molar-refractivity contribution in [3.8, 4) is 0 Å². The van der Waals surface area contributed by atoms with Gasteiger partial charge in [0.1, 0.15) is 4.88 Å². The van der Waals surface area contributed by atoms with Gasteiger partial charge in [-0.3, -0.25) is 10.1 Å². The first-order valence-corrected chi connectivity index (χ1v) is 8.23. The normalized spacial score (nSPS) is 15.3. The molecule has 2 aromatic rings. The number of aryl methyl sites for hydroxylation is 3. The second-order valence-electron chi connectivity index (χ2n) is 5.54. The van der Waals surface area contributed by atoms with Crippen molar-refractivity contribution in [3.05, 3.63) is 21.4 Å². The lowest BCUT2D eigenvalue weighted by atomic mass is 9.98. The van der Waals surface area contributed by atoms with E-state index in [2.05, 4.69) is 25.7 Å². The van der Waals surface area contributed by atoms with Gasteiger partial charge in [-0.1, -0.05) is 0 Å². The number of aromatic nitrogens is 4. The highest BCUT2D eigenvalue weighted by Gasteiger charge is 2.22. The van der Waals surface area contributed by atoms with Gasteiger partial charge in [-0.2, -0.15) is 10.1 Å². The molecule has 2 aromatic heterocycles. The zero-order chi connectivity index (χ0) is 15.7. The molecular formula is C14H21ClN6OS. The third-order valence-electron chi connectivity index (χ3n) is 3.82. The number of piperidine rings is 1. The largest absolute Gasteiger partial charge is 0.317 e. The Morgan fingerprint density at radius 3 is 2.61 bits per heavy atom. The first-order valence-electron chi connectivity index (χ1n) is 7.41. The zero-order valence-corrected chi connectivity index (χ0v) is 15.1. The van der Waals surface area contributed by atoms with Crippen LogP contribution in [0.15, 0.2) is 0 Å². The molecule has 0 unspecified atom stereocenters. The predicted octanol–water partition coefficient (Wildman–Crippen LogP) is 2.03. The van der Waals surface area contributed by atoms with Crippen LogP contribution in [0, 0.1) is 13.8 Å². The van der Waals surface area contributed by atoms with Crippen molar-refractivity contribution in [2.45, 2.75) is 32.6 Å². The standard InChI is InChI=1S/C14H20N6OS.ClH/c1-8-11(22-9(2)16-8)13(21)18-14-17-12(19-20(14)3)10-4-6-15-7-5-10;/h10,15H,4-7H2,1-3H3,(H,17,18,19,21);1H. The van der Waals surface area contributed by atoms with Gasteiger partial charge in [0, 0.05) is 13.0 Å². The van der Waals surface area contributed by atoms with E-state index in [1.54, 1.807) is 11.7 Å². The Hall–Kier alpha value is -1.51. The Bertz CT molecular complexity index is 691. The Kier molecular flexibility index (Phi) is 5.72. The van der Waals surface area contributed by atoms with E-state index >= 15 is 0 Å². The third kappa shape index (κ3) is 3.88. The average Bonchev–Trinajstić information content (AvgIpc) is 3.03. The number of carbonyl (C=O) groups excluding carboxylic acids is 1. The van der Waals surface area contributed by atoms with Crippen molar-refractivity contribution in [2.24, 2.45) is 7.05 Å². The van der Waals surface area contributed by atoms with E-state index in [9.17, 15) is 4.79 Å². The van der Waals surface area contributed by atoms with Crippen molar-refractivity contribution in [1.82, 2.24) is 25.1 Å². The molecule has 1 amide bonds. The van der Waals surface area contributed by atoms with Gasteiger partial charge in [0.15, 0.2) is 5.82 Å². The number of hydrogen-bond acceptors (Lipinski definition) is 6. The molecule has 0 spiro atoms. The lowest BCUT2D eigenvalue weighted by Crippen LogP contribution is -2.27. The van der Waals surface area contributed by atoms with Crippen LogP contribution in [0.2, 0.25) is 0 Å². The van der Waals surface area contributed by atoms with Crippen LogP contribution in [0.25, 0.3) is 0 Å². The summed E-state index contributed by atoms with van der Waals surface area (Å²) in [5.74, 6) is 1.50. The molecule has 0 aromatic carbocycles. The number of anilines is 1. The zero-order valence-electron chi connectivity index (χ0n) is 13.4. The predicted molar refractivity (Wildman–Crippen MR) is 92.6 cm³/mol. The number of nitrogens with one attached hydrogen (secondary N) is 2. The number of hydrogen-bond donors (Lipinski definition) is 2. The van der Waals surface area contributed by atoms with Gasteiger partial charge in [0.2, 0.25) is 5.95 Å². The summed E-state index contributed by atoms with van der Waals surface area (Å²) in [7, 11) is 1.80. The monoisotopic (exact) mass is 356 g/mol. The summed E-state index contributed by atoms with van der Waals surface area (Å²) in [6, 6.07) is 0. The molecule has 1 saturated heterocycles. The molecule has 7 nitrogen and oxygen atoms in total. The first kappa shape index (κ1) is 17.8. The van der Waals surface area contributed by atoms with Crippen LogP contribution >= 0.6 is 23.7 Å². The summed E-state index contributed by atoms with van der Waals surface area (Å²) in [5, 5.41) is 11.5. The highest BCUT2D eigenvalue weighted by atomic mass is 35.5. The molecular weight excluding hydrogens is 336 g/mol. The SMILES string of the molecule is Cc1nc(C)c(C(=O)Nc2nc(C3CCNCC3)nn2C)s1.Cl. The molecule has 1 aliphatic heterocycles. The van der Waals surface area contributed by atoms with Crippen LogP contribution in [0.3, 0.4) is 0 Å². The van der Waals surface area contributed by atoms with E-state index in [0.29, 0.717) is 16.7 Å². The minimum absolute atomic E-state index is 0. The number of thiazole rings is 1. The fourth-order valence-electron chi connectivity index (χ4n) is 2.67. The molecule has 0 bridgehead atoms. The summed E-state index contributed by atoms with van der Waals surface area (Å²) < 4.78 is 1.64. The molecule has 0 saturated carbocycles. The molecule has 1 fully saturated rings. The Labute approximate surface area is 145 Å². The van der Waals surface area contributed by atoms with Crippen LogP contribution in [-0.4, -0.2) is 38.7 Å². The smallest absolute Gasteiger partial charge is 0.270 e. The minimum atomic E-state index is -0.171. The Morgan fingerprint density at radius 2 is 2.00 bits per heavy atom. The van der Waals surface area contributed by atoms with Crippen LogP contribution < -0.4 is 10.6 Å². The van der Waals surface area contributed by atoms with E-state index in [0.717, 1.165) is 42.5 Å². The van der Waals surface area contributed by atoms with Gasteiger partial charge in [-0.05, 0) is 39.8 Å². The van der Waals surface area contributed by atoms with E-state index < -0.39 is 0 Å². The number of amides is 1. The molecule has 126 valence electrons. The summed E-state index contributed by atoms with van der Waals surface area (Å²) in [6.45, 7) is 5.72. The molecule has 0 aliphatic carbocycles. The van der Waals surface area contributed by atoms with Gasteiger partial charge in [0.25, 0.3) is 5.91 Å². The molecule has 0 radical (unpaired) electrons. The maximum Gasteiger partial charge on any atom is 0.270 e.